The van der Waals surface area contributed by atoms with Crippen molar-refractivity contribution in [3.8, 4) is 5.75 Å². The van der Waals surface area contributed by atoms with Crippen LogP contribution in [0.15, 0.2) is 67.3 Å². The molecule has 0 bridgehead atoms. The van der Waals surface area contributed by atoms with E-state index in [2.05, 4.69) is 18.7 Å². The molecule has 0 aromatic heterocycles. The molecule has 0 N–H and O–H groups in total. The fourth-order valence-electron chi connectivity index (χ4n) is 2.14. The van der Waals surface area contributed by atoms with Crippen LogP contribution in [0.5, 0.6) is 5.75 Å². The van der Waals surface area contributed by atoms with E-state index in [4.69, 9.17) is 9.47 Å². The third-order valence-electron chi connectivity index (χ3n) is 3.16. The number of ether oxygens (including phenoxy) is 2. The Balaban J connectivity index is 2.12. The average molecular weight is 268 g/mol. The quantitative estimate of drug-likeness (QED) is 0.687. The summed E-state index contributed by atoms with van der Waals surface area (Å²) in [5.41, 5.74) is 2.22. The van der Waals surface area contributed by atoms with Crippen LogP contribution in [0, 0.1) is 0 Å². The summed E-state index contributed by atoms with van der Waals surface area (Å²) in [6.07, 6.45) is 2.60. The van der Waals surface area contributed by atoms with Gasteiger partial charge in [-0.15, -0.1) is 6.58 Å². The molecule has 0 radical (unpaired) electrons. The molecule has 104 valence electrons. The molecule has 1 atom stereocenters. The Morgan fingerprint density at radius 3 is 2.45 bits per heavy atom. The van der Waals surface area contributed by atoms with Gasteiger partial charge in [-0.2, -0.15) is 0 Å². The maximum Gasteiger partial charge on any atom is 0.124 e. The number of hydrogen-bond acceptors (Lipinski definition) is 2. The summed E-state index contributed by atoms with van der Waals surface area (Å²) < 4.78 is 11.5. The number of rotatable bonds is 7. The number of methoxy groups -OCH3 is 1. The molecular weight excluding hydrogens is 248 g/mol. The summed E-state index contributed by atoms with van der Waals surface area (Å²) >= 11 is 0. The summed E-state index contributed by atoms with van der Waals surface area (Å²) in [4.78, 5) is 0. The van der Waals surface area contributed by atoms with Gasteiger partial charge in [0.25, 0.3) is 0 Å². The molecule has 0 heterocycles. The Bertz CT molecular complexity index is 534. The molecule has 0 aliphatic rings. The molecule has 2 aromatic rings. The van der Waals surface area contributed by atoms with Gasteiger partial charge in [-0.1, -0.05) is 54.6 Å². The van der Waals surface area contributed by atoms with Crippen LogP contribution in [0.1, 0.15) is 23.7 Å². The van der Waals surface area contributed by atoms with E-state index in [0.29, 0.717) is 6.61 Å². The predicted octanol–water partition coefficient (Wildman–Crippen LogP) is 4.53. The van der Waals surface area contributed by atoms with Gasteiger partial charge < -0.3 is 9.47 Å². The zero-order chi connectivity index (χ0) is 14.2. The largest absolute Gasteiger partial charge is 0.496 e. The van der Waals surface area contributed by atoms with Crippen molar-refractivity contribution in [2.75, 3.05) is 7.11 Å². The van der Waals surface area contributed by atoms with Gasteiger partial charge in [-0.05, 0) is 18.1 Å². The third-order valence-corrected chi connectivity index (χ3v) is 3.16. The molecular formula is C18H20O2. The van der Waals surface area contributed by atoms with Gasteiger partial charge in [0.2, 0.25) is 0 Å². The number of benzene rings is 2. The molecule has 0 aliphatic carbocycles. The van der Waals surface area contributed by atoms with E-state index in [1.165, 1.54) is 0 Å². The van der Waals surface area contributed by atoms with Crippen molar-refractivity contribution in [3.05, 3.63) is 78.4 Å². The van der Waals surface area contributed by atoms with Crippen LogP contribution in [-0.2, 0) is 11.3 Å². The van der Waals surface area contributed by atoms with Crippen LogP contribution in [0.3, 0.4) is 0 Å². The molecule has 2 heteroatoms. The van der Waals surface area contributed by atoms with Crippen molar-refractivity contribution in [2.45, 2.75) is 19.1 Å². The Hall–Kier alpha value is -2.06. The molecule has 1 unspecified atom stereocenters. The zero-order valence-electron chi connectivity index (χ0n) is 11.8. The molecule has 0 saturated carbocycles. The summed E-state index contributed by atoms with van der Waals surface area (Å²) in [6.45, 7) is 4.40. The molecule has 0 spiro atoms. The van der Waals surface area contributed by atoms with E-state index in [9.17, 15) is 0 Å². The normalized spacial score (nSPS) is 11.8. The maximum atomic E-state index is 6.05. The topological polar surface area (TPSA) is 18.5 Å². The summed E-state index contributed by atoms with van der Waals surface area (Å²) in [6, 6.07) is 18.1. The summed E-state index contributed by atoms with van der Waals surface area (Å²) in [7, 11) is 1.68. The third kappa shape index (κ3) is 3.72. The Morgan fingerprint density at radius 2 is 1.75 bits per heavy atom. The van der Waals surface area contributed by atoms with Crippen LogP contribution in [0.4, 0.5) is 0 Å². The van der Waals surface area contributed by atoms with Crippen molar-refractivity contribution < 1.29 is 9.47 Å². The van der Waals surface area contributed by atoms with E-state index in [0.717, 1.165) is 23.3 Å². The Labute approximate surface area is 120 Å². The van der Waals surface area contributed by atoms with Crippen molar-refractivity contribution in [1.82, 2.24) is 0 Å². The highest BCUT2D eigenvalue weighted by Crippen LogP contribution is 2.30. The Morgan fingerprint density at radius 1 is 1.05 bits per heavy atom. The van der Waals surface area contributed by atoms with Crippen LogP contribution in [0.25, 0.3) is 0 Å². The van der Waals surface area contributed by atoms with Gasteiger partial charge in [0, 0.05) is 5.56 Å². The molecule has 2 aromatic carbocycles. The first-order valence-electron chi connectivity index (χ1n) is 6.74. The van der Waals surface area contributed by atoms with Gasteiger partial charge in [0.15, 0.2) is 0 Å². The van der Waals surface area contributed by atoms with Gasteiger partial charge in [-0.25, -0.2) is 0 Å². The van der Waals surface area contributed by atoms with E-state index < -0.39 is 0 Å². The first kappa shape index (κ1) is 14.4. The standard InChI is InChI=1S/C18H20O2/c1-3-9-18(16-12-7-8-13-17(16)19-2)20-14-15-10-5-4-6-11-15/h3-8,10-13,18H,1,9,14H2,2H3. The fourth-order valence-corrected chi connectivity index (χ4v) is 2.14. The smallest absolute Gasteiger partial charge is 0.124 e. The van der Waals surface area contributed by atoms with Crippen molar-refractivity contribution in [1.29, 1.82) is 0 Å². The zero-order valence-corrected chi connectivity index (χ0v) is 11.8. The minimum atomic E-state index is -0.0381. The molecule has 0 saturated heterocycles. The minimum Gasteiger partial charge on any atom is -0.496 e. The highest BCUT2D eigenvalue weighted by Gasteiger charge is 2.15. The first-order chi connectivity index (χ1) is 9.85. The lowest BCUT2D eigenvalue weighted by atomic mass is 10.1. The maximum absolute atomic E-state index is 6.05. The van der Waals surface area contributed by atoms with E-state index >= 15 is 0 Å². The SMILES string of the molecule is C=CCC(OCc1ccccc1)c1ccccc1OC. The van der Waals surface area contributed by atoms with Crippen molar-refractivity contribution in [3.63, 3.8) is 0 Å². The highest BCUT2D eigenvalue weighted by atomic mass is 16.5. The van der Waals surface area contributed by atoms with Crippen LogP contribution >= 0.6 is 0 Å². The van der Waals surface area contributed by atoms with Gasteiger partial charge >= 0.3 is 0 Å². The van der Waals surface area contributed by atoms with Gasteiger partial charge in [-0.3, -0.25) is 0 Å². The molecule has 2 rings (SSSR count). The lowest BCUT2D eigenvalue weighted by Crippen LogP contribution is -2.05. The van der Waals surface area contributed by atoms with E-state index in [1.807, 2.05) is 48.5 Å². The van der Waals surface area contributed by atoms with Crippen LogP contribution in [0.2, 0.25) is 0 Å². The number of para-hydroxylation sites is 1. The predicted molar refractivity (Wildman–Crippen MR) is 81.8 cm³/mol. The van der Waals surface area contributed by atoms with Crippen molar-refractivity contribution in [2.24, 2.45) is 0 Å². The van der Waals surface area contributed by atoms with Gasteiger partial charge in [0.1, 0.15) is 5.75 Å². The molecule has 20 heavy (non-hydrogen) atoms. The lowest BCUT2D eigenvalue weighted by Gasteiger charge is -2.19. The molecule has 0 amide bonds. The average Bonchev–Trinajstić information content (AvgIpc) is 2.52. The minimum absolute atomic E-state index is 0.0381. The second-order valence-electron chi connectivity index (χ2n) is 4.55. The molecule has 2 nitrogen and oxygen atoms in total. The van der Waals surface area contributed by atoms with E-state index in [1.54, 1.807) is 7.11 Å². The van der Waals surface area contributed by atoms with Gasteiger partial charge in [0.05, 0.1) is 19.8 Å². The summed E-state index contributed by atoms with van der Waals surface area (Å²) in [5.74, 6) is 0.854. The number of hydrogen-bond donors (Lipinski definition) is 0. The second kappa shape index (κ2) is 7.51. The lowest BCUT2D eigenvalue weighted by molar-refractivity contribution is 0.0402. The van der Waals surface area contributed by atoms with Crippen molar-refractivity contribution >= 4 is 0 Å². The first-order valence-corrected chi connectivity index (χ1v) is 6.74. The molecule has 0 aliphatic heterocycles. The second-order valence-corrected chi connectivity index (χ2v) is 4.55. The van der Waals surface area contributed by atoms with E-state index in [-0.39, 0.29) is 6.10 Å². The van der Waals surface area contributed by atoms with Crippen LogP contribution in [-0.4, -0.2) is 7.11 Å². The fraction of sp³-hybridized carbons (Fsp3) is 0.222. The monoisotopic (exact) mass is 268 g/mol. The highest BCUT2D eigenvalue weighted by molar-refractivity contribution is 5.35. The van der Waals surface area contributed by atoms with Crippen LogP contribution < -0.4 is 4.74 Å². The Kier molecular flexibility index (Phi) is 5.39. The molecule has 0 fully saturated rings. The summed E-state index contributed by atoms with van der Waals surface area (Å²) in [5, 5.41) is 0.